The molecule has 2 heterocycles. The average molecular weight is 404 g/mol. The van der Waals surface area contributed by atoms with Crippen molar-refractivity contribution in [1.29, 1.82) is 0 Å². The minimum atomic E-state index is -0.353. The molecule has 30 heavy (non-hydrogen) atoms. The van der Waals surface area contributed by atoms with Gasteiger partial charge in [0.2, 0.25) is 0 Å². The topological polar surface area (TPSA) is 109 Å². The highest BCUT2D eigenvalue weighted by molar-refractivity contribution is 6.08. The molecule has 0 unspecified atom stereocenters. The number of carbonyl (C=O) groups excluding carboxylic acids is 2. The maximum atomic E-state index is 12.3. The number of urea groups is 2. The highest BCUT2D eigenvalue weighted by Gasteiger charge is 2.10. The van der Waals surface area contributed by atoms with E-state index in [2.05, 4.69) is 21.3 Å². The first-order valence-electron chi connectivity index (χ1n) is 9.35. The highest BCUT2D eigenvalue weighted by Crippen LogP contribution is 2.29. The van der Waals surface area contributed by atoms with E-state index in [1.165, 1.54) is 0 Å². The highest BCUT2D eigenvalue weighted by atomic mass is 16.3. The molecule has 0 radical (unpaired) electrons. The largest absolute Gasteiger partial charge is 0.467 e. The van der Waals surface area contributed by atoms with Crippen molar-refractivity contribution in [3.8, 4) is 0 Å². The van der Waals surface area contributed by atoms with Gasteiger partial charge in [0.1, 0.15) is 11.5 Å². The first kappa shape index (κ1) is 19.1. The van der Waals surface area contributed by atoms with Crippen molar-refractivity contribution in [2.45, 2.75) is 13.1 Å². The molecule has 4 rings (SSSR count). The summed E-state index contributed by atoms with van der Waals surface area (Å²) in [6, 6.07) is 17.4. The fraction of sp³-hybridized carbons (Fsp3) is 0.0909. The molecule has 8 nitrogen and oxygen atoms in total. The Morgan fingerprint density at radius 3 is 1.50 bits per heavy atom. The minimum Gasteiger partial charge on any atom is -0.467 e. The molecule has 0 bridgehead atoms. The van der Waals surface area contributed by atoms with E-state index in [-0.39, 0.29) is 25.2 Å². The molecule has 0 atom stereocenters. The number of nitrogens with one attached hydrogen (secondary N) is 4. The number of fused-ring (bicyclic) bond motifs is 1. The number of amides is 4. The van der Waals surface area contributed by atoms with E-state index in [0.717, 1.165) is 10.8 Å². The van der Waals surface area contributed by atoms with Gasteiger partial charge in [0.25, 0.3) is 0 Å². The normalized spacial score (nSPS) is 10.5. The molecule has 4 aromatic rings. The van der Waals surface area contributed by atoms with Crippen molar-refractivity contribution in [1.82, 2.24) is 10.6 Å². The van der Waals surface area contributed by atoms with E-state index in [1.54, 1.807) is 48.9 Å². The minimum absolute atomic E-state index is 0.284. The van der Waals surface area contributed by atoms with Gasteiger partial charge in [0.15, 0.2) is 0 Å². The van der Waals surface area contributed by atoms with E-state index >= 15 is 0 Å². The Hall–Kier alpha value is -4.20. The van der Waals surface area contributed by atoms with Crippen molar-refractivity contribution >= 4 is 34.2 Å². The van der Waals surface area contributed by atoms with Crippen molar-refractivity contribution in [3.63, 3.8) is 0 Å². The summed E-state index contributed by atoms with van der Waals surface area (Å²) in [5.41, 5.74) is 1.26. The Kier molecular flexibility index (Phi) is 5.66. The lowest BCUT2D eigenvalue weighted by Crippen LogP contribution is -2.28. The predicted molar refractivity (Wildman–Crippen MR) is 113 cm³/mol. The maximum absolute atomic E-state index is 12.3. The lowest BCUT2D eigenvalue weighted by molar-refractivity contribution is 0.250. The monoisotopic (exact) mass is 404 g/mol. The van der Waals surface area contributed by atoms with E-state index in [1.807, 2.05) is 24.3 Å². The average Bonchev–Trinajstić information content (AvgIpc) is 3.46. The second-order valence-corrected chi connectivity index (χ2v) is 6.48. The third-order valence-corrected chi connectivity index (χ3v) is 4.43. The number of hydrogen-bond donors (Lipinski definition) is 4. The number of benzene rings is 2. The van der Waals surface area contributed by atoms with Crippen LogP contribution in [0.1, 0.15) is 11.5 Å². The van der Waals surface area contributed by atoms with Crippen LogP contribution in [0.15, 0.2) is 82.0 Å². The van der Waals surface area contributed by atoms with Crippen LogP contribution < -0.4 is 21.3 Å². The molecule has 4 N–H and O–H groups in total. The first-order chi connectivity index (χ1) is 14.7. The van der Waals surface area contributed by atoms with Gasteiger partial charge in [0.05, 0.1) is 37.0 Å². The summed E-state index contributed by atoms with van der Waals surface area (Å²) in [4.78, 5) is 24.5. The molecule has 0 aliphatic heterocycles. The third-order valence-electron chi connectivity index (χ3n) is 4.43. The van der Waals surface area contributed by atoms with Gasteiger partial charge in [-0.05, 0) is 36.4 Å². The van der Waals surface area contributed by atoms with Crippen LogP contribution in [0.5, 0.6) is 0 Å². The Balaban J connectivity index is 1.44. The molecular weight excluding hydrogens is 384 g/mol. The van der Waals surface area contributed by atoms with Crippen LogP contribution in [0.2, 0.25) is 0 Å². The van der Waals surface area contributed by atoms with Crippen LogP contribution in [-0.2, 0) is 13.1 Å². The fourth-order valence-electron chi connectivity index (χ4n) is 3.02. The summed E-state index contributed by atoms with van der Waals surface area (Å²) in [5.74, 6) is 1.32. The van der Waals surface area contributed by atoms with Crippen LogP contribution in [-0.4, -0.2) is 12.1 Å². The molecule has 0 aliphatic rings. The van der Waals surface area contributed by atoms with E-state index < -0.39 is 0 Å². The van der Waals surface area contributed by atoms with Gasteiger partial charge in [-0.3, -0.25) is 0 Å². The van der Waals surface area contributed by atoms with Gasteiger partial charge in [-0.2, -0.15) is 0 Å². The molecule has 0 fully saturated rings. The standard InChI is InChI=1S/C22H20N4O4/c27-21(23-13-15-5-3-11-29-15)25-19-9-1-7-17-18(19)8-2-10-20(17)26-22(28)24-14-16-6-4-12-30-16/h1-12H,13-14H2,(H2,23,25,27)(H2,24,26,28). The van der Waals surface area contributed by atoms with Crippen LogP contribution in [0.4, 0.5) is 21.0 Å². The smallest absolute Gasteiger partial charge is 0.319 e. The Bertz CT molecular complexity index is 1050. The van der Waals surface area contributed by atoms with E-state index in [9.17, 15) is 9.59 Å². The molecule has 4 amide bonds. The Labute approximate surface area is 172 Å². The summed E-state index contributed by atoms with van der Waals surface area (Å²) in [7, 11) is 0. The molecule has 0 saturated carbocycles. The molecule has 8 heteroatoms. The molecule has 152 valence electrons. The zero-order chi connectivity index (χ0) is 20.8. The zero-order valence-electron chi connectivity index (χ0n) is 16.0. The third kappa shape index (κ3) is 4.61. The summed E-state index contributed by atoms with van der Waals surface area (Å²) < 4.78 is 10.4. The summed E-state index contributed by atoms with van der Waals surface area (Å²) in [6.07, 6.45) is 3.11. The molecule has 0 saturated heterocycles. The first-order valence-corrected chi connectivity index (χ1v) is 9.35. The summed E-state index contributed by atoms with van der Waals surface area (Å²) in [6.45, 7) is 0.568. The summed E-state index contributed by atoms with van der Waals surface area (Å²) in [5, 5.41) is 12.8. The van der Waals surface area contributed by atoms with Crippen LogP contribution in [0.25, 0.3) is 10.8 Å². The van der Waals surface area contributed by atoms with Crippen molar-refractivity contribution in [3.05, 3.63) is 84.7 Å². The molecule has 2 aromatic heterocycles. The van der Waals surface area contributed by atoms with Gasteiger partial charge in [0, 0.05) is 10.8 Å². The van der Waals surface area contributed by atoms with Gasteiger partial charge < -0.3 is 30.1 Å². The second kappa shape index (κ2) is 8.87. The quantitative estimate of drug-likeness (QED) is 0.374. The van der Waals surface area contributed by atoms with Crippen LogP contribution >= 0.6 is 0 Å². The van der Waals surface area contributed by atoms with E-state index in [0.29, 0.717) is 22.9 Å². The molecular formula is C22H20N4O4. The van der Waals surface area contributed by atoms with Crippen LogP contribution in [0.3, 0.4) is 0 Å². The molecule has 0 aliphatic carbocycles. The molecule has 2 aromatic carbocycles. The lowest BCUT2D eigenvalue weighted by atomic mass is 10.1. The zero-order valence-corrected chi connectivity index (χ0v) is 16.0. The fourth-order valence-corrected chi connectivity index (χ4v) is 3.02. The maximum Gasteiger partial charge on any atom is 0.319 e. The van der Waals surface area contributed by atoms with Crippen molar-refractivity contribution in [2.75, 3.05) is 10.6 Å². The number of anilines is 2. The molecule has 0 spiro atoms. The van der Waals surface area contributed by atoms with Crippen LogP contribution in [0, 0.1) is 0 Å². The number of rotatable bonds is 6. The van der Waals surface area contributed by atoms with Gasteiger partial charge in [-0.25, -0.2) is 9.59 Å². The predicted octanol–water partition coefficient (Wildman–Crippen LogP) is 4.67. The van der Waals surface area contributed by atoms with E-state index in [4.69, 9.17) is 8.83 Å². The van der Waals surface area contributed by atoms with Gasteiger partial charge in [-0.15, -0.1) is 0 Å². The van der Waals surface area contributed by atoms with Crippen molar-refractivity contribution < 1.29 is 18.4 Å². The lowest BCUT2D eigenvalue weighted by Gasteiger charge is -2.13. The van der Waals surface area contributed by atoms with Gasteiger partial charge >= 0.3 is 12.1 Å². The second-order valence-electron chi connectivity index (χ2n) is 6.48. The summed E-state index contributed by atoms with van der Waals surface area (Å²) >= 11 is 0. The number of furan rings is 2. The number of carbonyl (C=O) groups is 2. The Morgan fingerprint density at radius 1 is 0.633 bits per heavy atom. The SMILES string of the molecule is O=C(NCc1ccco1)Nc1cccc2c(NC(=O)NCc3ccco3)cccc12. The van der Waals surface area contributed by atoms with Gasteiger partial charge in [-0.1, -0.05) is 24.3 Å². The number of hydrogen-bond acceptors (Lipinski definition) is 4. The van der Waals surface area contributed by atoms with Crippen molar-refractivity contribution in [2.24, 2.45) is 0 Å². The Morgan fingerprint density at radius 2 is 1.10 bits per heavy atom.